The highest BCUT2D eigenvalue weighted by atomic mass is 35.5. The summed E-state index contributed by atoms with van der Waals surface area (Å²) in [4.78, 5) is 0. The van der Waals surface area contributed by atoms with Crippen molar-refractivity contribution < 1.29 is 0 Å². The molecule has 0 spiro atoms. The van der Waals surface area contributed by atoms with E-state index in [4.69, 9.17) is 23.2 Å². The van der Waals surface area contributed by atoms with Gasteiger partial charge in [-0.1, -0.05) is 53.5 Å². The molecule has 0 amide bonds. The highest BCUT2D eigenvalue weighted by Gasteiger charge is 2.11. The Kier molecular flexibility index (Phi) is 4.65. The van der Waals surface area contributed by atoms with Crippen LogP contribution in [-0.4, -0.2) is 7.05 Å². The zero-order chi connectivity index (χ0) is 13.0. The molecule has 0 bridgehead atoms. The van der Waals surface area contributed by atoms with Crippen LogP contribution in [0.1, 0.15) is 17.2 Å². The fourth-order valence-corrected chi connectivity index (χ4v) is 2.56. The molecule has 18 heavy (non-hydrogen) atoms. The number of halogens is 2. The zero-order valence-corrected chi connectivity index (χ0v) is 11.7. The van der Waals surface area contributed by atoms with E-state index in [1.54, 1.807) is 6.07 Å². The molecule has 0 saturated heterocycles. The number of hydrogen-bond acceptors (Lipinski definition) is 1. The minimum Gasteiger partial charge on any atom is -0.313 e. The molecule has 0 fully saturated rings. The van der Waals surface area contributed by atoms with Crippen molar-refractivity contribution in [1.82, 2.24) is 5.32 Å². The molecule has 0 aliphatic carbocycles. The fraction of sp³-hybridized carbons (Fsp3) is 0.200. The van der Waals surface area contributed by atoms with Crippen LogP contribution in [0.2, 0.25) is 10.0 Å². The van der Waals surface area contributed by atoms with E-state index in [1.165, 1.54) is 5.56 Å². The lowest BCUT2D eigenvalue weighted by atomic mass is 9.99. The summed E-state index contributed by atoms with van der Waals surface area (Å²) >= 11 is 12.1. The molecule has 1 atom stereocenters. The van der Waals surface area contributed by atoms with E-state index in [0.717, 1.165) is 12.0 Å². The molecular weight excluding hydrogens is 265 g/mol. The molecule has 1 nitrogen and oxygen atoms in total. The monoisotopic (exact) mass is 279 g/mol. The Bertz CT molecular complexity index is 491. The van der Waals surface area contributed by atoms with Gasteiger partial charge in [-0.2, -0.15) is 0 Å². The van der Waals surface area contributed by atoms with Crippen molar-refractivity contribution in [3.05, 3.63) is 69.7 Å². The molecule has 0 aliphatic heterocycles. The molecule has 2 rings (SSSR count). The van der Waals surface area contributed by atoms with E-state index in [9.17, 15) is 0 Å². The first-order valence-electron chi connectivity index (χ1n) is 5.86. The van der Waals surface area contributed by atoms with Crippen molar-refractivity contribution in [3.63, 3.8) is 0 Å². The largest absolute Gasteiger partial charge is 0.313 e. The minimum absolute atomic E-state index is 0.212. The summed E-state index contributed by atoms with van der Waals surface area (Å²) in [6.07, 6.45) is 0.911. The molecule has 2 aromatic carbocycles. The quantitative estimate of drug-likeness (QED) is 0.869. The molecule has 2 aromatic rings. The summed E-state index contributed by atoms with van der Waals surface area (Å²) in [6.45, 7) is 0. The van der Waals surface area contributed by atoms with E-state index < -0.39 is 0 Å². The van der Waals surface area contributed by atoms with E-state index in [0.29, 0.717) is 10.0 Å². The van der Waals surface area contributed by atoms with Crippen LogP contribution < -0.4 is 5.32 Å². The van der Waals surface area contributed by atoms with Gasteiger partial charge < -0.3 is 5.32 Å². The first-order chi connectivity index (χ1) is 8.69. The first-order valence-corrected chi connectivity index (χ1v) is 6.62. The maximum Gasteiger partial charge on any atom is 0.0424 e. The van der Waals surface area contributed by atoms with Crippen LogP contribution in [0.15, 0.2) is 48.5 Å². The van der Waals surface area contributed by atoms with Crippen molar-refractivity contribution in [3.8, 4) is 0 Å². The molecule has 0 saturated carbocycles. The summed E-state index contributed by atoms with van der Waals surface area (Å²) in [5.74, 6) is 0. The Balaban J connectivity index is 2.23. The van der Waals surface area contributed by atoms with Gasteiger partial charge in [0.05, 0.1) is 0 Å². The highest BCUT2D eigenvalue weighted by molar-refractivity contribution is 6.34. The number of rotatable bonds is 4. The van der Waals surface area contributed by atoms with E-state index in [2.05, 4.69) is 17.4 Å². The molecule has 0 heterocycles. The predicted octanol–water partition coefficient (Wildman–Crippen LogP) is 4.50. The van der Waals surface area contributed by atoms with Crippen LogP contribution in [0.5, 0.6) is 0 Å². The number of benzene rings is 2. The molecule has 0 radical (unpaired) electrons. The molecule has 94 valence electrons. The second kappa shape index (κ2) is 6.24. The molecule has 0 aliphatic rings. The number of likely N-dealkylation sites (N-methyl/N-ethyl adjacent to an activating group) is 1. The fourth-order valence-electron chi connectivity index (χ4n) is 2.01. The standard InChI is InChI=1S/C15H15Cl2N/c1-18-15(7-11-5-3-2-4-6-11)12-8-13(16)10-14(17)9-12/h2-6,8-10,15,18H,7H2,1H3. The van der Waals surface area contributed by atoms with Gasteiger partial charge in [0.15, 0.2) is 0 Å². The van der Waals surface area contributed by atoms with Crippen LogP contribution in [0.3, 0.4) is 0 Å². The third kappa shape index (κ3) is 3.49. The predicted molar refractivity (Wildman–Crippen MR) is 78.4 cm³/mol. The van der Waals surface area contributed by atoms with Crippen LogP contribution in [0, 0.1) is 0 Å². The van der Waals surface area contributed by atoms with Crippen LogP contribution >= 0.6 is 23.2 Å². The smallest absolute Gasteiger partial charge is 0.0424 e. The SMILES string of the molecule is CNC(Cc1ccccc1)c1cc(Cl)cc(Cl)c1. The second-order valence-corrected chi connectivity index (χ2v) is 5.11. The molecule has 0 aromatic heterocycles. The molecular formula is C15H15Cl2N. The Morgan fingerprint density at radius 1 is 1.00 bits per heavy atom. The van der Waals surface area contributed by atoms with Crippen LogP contribution in [0.4, 0.5) is 0 Å². The van der Waals surface area contributed by atoms with Gasteiger partial charge in [-0.25, -0.2) is 0 Å². The summed E-state index contributed by atoms with van der Waals surface area (Å²) in [5, 5.41) is 4.65. The topological polar surface area (TPSA) is 12.0 Å². The van der Waals surface area contributed by atoms with Gasteiger partial charge in [0.2, 0.25) is 0 Å². The molecule has 1 unspecified atom stereocenters. The summed E-state index contributed by atoms with van der Waals surface area (Å²) in [7, 11) is 1.95. The lowest BCUT2D eigenvalue weighted by Crippen LogP contribution is -2.18. The summed E-state index contributed by atoms with van der Waals surface area (Å²) < 4.78 is 0. The van der Waals surface area contributed by atoms with Gasteiger partial charge in [-0.15, -0.1) is 0 Å². The second-order valence-electron chi connectivity index (χ2n) is 4.23. The van der Waals surface area contributed by atoms with Crippen LogP contribution in [0.25, 0.3) is 0 Å². The van der Waals surface area contributed by atoms with Gasteiger partial charge >= 0.3 is 0 Å². The molecule has 3 heteroatoms. The first kappa shape index (κ1) is 13.4. The van der Waals surface area contributed by atoms with Crippen LogP contribution in [-0.2, 0) is 6.42 Å². The van der Waals surface area contributed by atoms with Gasteiger partial charge in [0.25, 0.3) is 0 Å². The average molecular weight is 280 g/mol. The highest BCUT2D eigenvalue weighted by Crippen LogP contribution is 2.25. The average Bonchev–Trinajstić information content (AvgIpc) is 2.36. The Labute approximate surface area is 118 Å². The third-order valence-corrected chi connectivity index (χ3v) is 3.35. The van der Waals surface area contributed by atoms with Crippen molar-refractivity contribution in [2.75, 3.05) is 7.05 Å². The Morgan fingerprint density at radius 3 is 2.17 bits per heavy atom. The lowest BCUT2D eigenvalue weighted by molar-refractivity contribution is 0.592. The van der Waals surface area contributed by atoms with Crippen molar-refractivity contribution in [1.29, 1.82) is 0 Å². The maximum atomic E-state index is 6.04. The number of hydrogen-bond donors (Lipinski definition) is 1. The molecule has 1 N–H and O–H groups in total. The van der Waals surface area contributed by atoms with Gasteiger partial charge in [-0.05, 0) is 42.8 Å². The zero-order valence-electron chi connectivity index (χ0n) is 10.2. The normalized spacial score (nSPS) is 12.4. The third-order valence-electron chi connectivity index (χ3n) is 2.92. The van der Waals surface area contributed by atoms with Crippen molar-refractivity contribution in [2.45, 2.75) is 12.5 Å². The Hall–Kier alpha value is -1.02. The van der Waals surface area contributed by atoms with Crippen molar-refractivity contribution in [2.24, 2.45) is 0 Å². The van der Waals surface area contributed by atoms with Gasteiger partial charge in [0, 0.05) is 16.1 Å². The maximum absolute atomic E-state index is 6.04. The van der Waals surface area contributed by atoms with Gasteiger partial charge in [-0.3, -0.25) is 0 Å². The van der Waals surface area contributed by atoms with E-state index in [1.807, 2.05) is 37.4 Å². The van der Waals surface area contributed by atoms with Gasteiger partial charge in [0.1, 0.15) is 0 Å². The lowest BCUT2D eigenvalue weighted by Gasteiger charge is -2.17. The van der Waals surface area contributed by atoms with Crippen molar-refractivity contribution >= 4 is 23.2 Å². The van der Waals surface area contributed by atoms with E-state index >= 15 is 0 Å². The summed E-state index contributed by atoms with van der Waals surface area (Å²) in [5.41, 5.74) is 2.40. The minimum atomic E-state index is 0.212. The number of nitrogens with one attached hydrogen (secondary N) is 1. The Morgan fingerprint density at radius 2 is 1.61 bits per heavy atom. The summed E-state index contributed by atoms with van der Waals surface area (Å²) in [6, 6.07) is 16.2. The van der Waals surface area contributed by atoms with E-state index in [-0.39, 0.29) is 6.04 Å².